The second kappa shape index (κ2) is 12.5. The molecule has 0 aliphatic heterocycles. The summed E-state index contributed by atoms with van der Waals surface area (Å²) in [4.78, 5) is 42.5. The van der Waals surface area contributed by atoms with Gasteiger partial charge in [0.25, 0.3) is 5.91 Å². The van der Waals surface area contributed by atoms with E-state index in [1.165, 1.54) is 6.20 Å². The van der Waals surface area contributed by atoms with Crippen LogP contribution in [0, 0.1) is 0 Å². The Balaban J connectivity index is 1.41. The van der Waals surface area contributed by atoms with Crippen molar-refractivity contribution in [1.82, 2.24) is 15.6 Å². The average molecular weight is 596 g/mol. The maximum absolute atomic E-state index is 13.2. The molecule has 8 nitrogen and oxygen atoms in total. The van der Waals surface area contributed by atoms with Crippen LogP contribution >= 0.6 is 27.5 Å². The molecule has 0 radical (unpaired) electrons. The number of carbonyl (C=O) groups is 3. The van der Waals surface area contributed by atoms with E-state index in [9.17, 15) is 14.4 Å². The van der Waals surface area contributed by atoms with Gasteiger partial charge in [0.1, 0.15) is 0 Å². The molecule has 38 heavy (non-hydrogen) atoms. The van der Waals surface area contributed by atoms with Gasteiger partial charge in [-0.3, -0.25) is 19.9 Å². The number of halogens is 2. The first kappa shape index (κ1) is 27.1. The Morgan fingerprint density at radius 2 is 1.76 bits per heavy atom. The van der Waals surface area contributed by atoms with E-state index in [0.29, 0.717) is 26.3 Å². The number of nitrogens with one attached hydrogen (secondary N) is 3. The van der Waals surface area contributed by atoms with Gasteiger partial charge in [-0.1, -0.05) is 60.1 Å². The summed E-state index contributed by atoms with van der Waals surface area (Å²) in [6.45, 7) is 1.52. The first-order valence-electron chi connectivity index (χ1n) is 11.7. The third-order valence-electron chi connectivity index (χ3n) is 5.66. The van der Waals surface area contributed by atoms with Crippen molar-refractivity contribution in [1.29, 1.82) is 0 Å². The molecule has 0 saturated carbocycles. The summed E-state index contributed by atoms with van der Waals surface area (Å²) in [7, 11) is 0. The summed E-state index contributed by atoms with van der Waals surface area (Å²) < 4.78 is 6.04. The highest BCUT2D eigenvalue weighted by molar-refractivity contribution is 9.10. The predicted octanol–water partition coefficient (Wildman–Crippen LogP) is 5.88. The molecule has 0 aliphatic rings. The van der Waals surface area contributed by atoms with Crippen LogP contribution in [0.2, 0.25) is 5.02 Å². The number of ether oxygens (including phenoxy) is 1. The van der Waals surface area contributed by atoms with Crippen molar-refractivity contribution in [3.05, 3.63) is 106 Å². The van der Waals surface area contributed by atoms with Crippen molar-refractivity contribution in [3.63, 3.8) is 0 Å². The summed E-state index contributed by atoms with van der Waals surface area (Å²) in [6, 6.07) is 21.6. The number of benzene rings is 3. The highest BCUT2D eigenvalue weighted by Gasteiger charge is 2.25. The highest BCUT2D eigenvalue weighted by Crippen LogP contribution is 2.23. The van der Waals surface area contributed by atoms with E-state index in [0.717, 1.165) is 10.8 Å². The van der Waals surface area contributed by atoms with E-state index in [1.807, 2.05) is 36.4 Å². The number of rotatable bonds is 8. The van der Waals surface area contributed by atoms with Crippen LogP contribution in [0.15, 0.2) is 89.7 Å². The van der Waals surface area contributed by atoms with Crippen LogP contribution in [0.1, 0.15) is 28.8 Å². The number of hydrogen-bond acceptors (Lipinski definition) is 5. The maximum atomic E-state index is 13.2. The van der Waals surface area contributed by atoms with Gasteiger partial charge < -0.3 is 15.4 Å². The first-order valence-corrected chi connectivity index (χ1v) is 12.9. The molecule has 0 aliphatic carbocycles. The molecule has 1 aromatic heterocycles. The molecule has 0 bridgehead atoms. The van der Waals surface area contributed by atoms with Crippen LogP contribution in [0.4, 0.5) is 10.5 Å². The Morgan fingerprint density at radius 3 is 2.55 bits per heavy atom. The third kappa shape index (κ3) is 7.08. The van der Waals surface area contributed by atoms with Crippen molar-refractivity contribution < 1.29 is 19.1 Å². The molecule has 3 amide bonds. The number of fused-ring (bicyclic) bond motifs is 1. The number of carbonyl (C=O) groups excluding carboxylic acids is 3. The molecule has 4 aromatic rings. The van der Waals surface area contributed by atoms with E-state index in [-0.39, 0.29) is 6.54 Å². The second-order valence-electron chi connectivity index (χ2n) is 8.42. The first-order chi connectivity index (χ1) is 18.3. The lowest BCUT2D eigenvalue weighted by molar-refractivity contribution is -0.125. The van der Waals surface area contributed by atoms with Gasteiger partial charge in [0.05, 0.1) is 17.2 Å². The second-order valence-corrected chi connectivity index (χ2v) is 9.77. The fraction of sp³-hybridized carbons (Fsp3) is 0.143. The van der Waals surface area contributed by atoms with E-state index in [2.05, 4.69) is 36.9 Å². The van der Waals surface area contributed by atoms with Gasteiger partial charge in [-0.05, 0) is 58.1 Å². The van der Waals surface area contributed by atoms with Gasteiger partial charge in [-0.25, -0.2) is 4.79 Å². The number of anilines is 1. The summed E-state index contributed by atoms with van der Waals surface area (Å²) in [5.74, 6) is -1.65. The van der Waals surface area contributed by atoms with E-state index in [1.54, 1.807) is 49.5 Å². The van der Waals surface area contributed by atoms with E-state index in [4.69, 9.17) is 16.3 Å². The summed E-state index contributed by atoms with van der Waals surface area (Å²) >= 11 is 9.44. The third-order valence-corrected chi connectivity index (χ3v) is 6.33. The molecule has 3 N–H and O–H groups in total. The Morgan fingerprint density at radius 1 is 1.00 bits per heavy atom. The van der Waals surface area contributed by atoms with E-state index >= 15 is 0 Å². The minimum absolute atomic E-state index is 0.0214. The van der Waals surface area contributed by atoms with E-state index < -0.39 is 30.1 Å². The molecule has 0 fully saturated rings. The fourth-order valence-electron chi connectivity index (χ4n) is 3.88. The largest absolute Gasteiger partial charge is 0.426 e. The Kier molecular flexibility index (Phi) is 8.93. The molecule has 2 unspecified atom stereocenters. The smallest absolute Gasteiger partial charge is 0.413 e. The minimum Gasteiger partial charge on any atom is -0.426 e. The predicted molar refractivity (Wildman–Crippen MR) is 150 cm³/mol. The Bertz CT molecular complexity index is 1480. The van der Waals surface area contributed by atoms with Crippen LogP contribution in [0.3, 0.4) is 0 Å². The quantitative estimate of drug-likeness (QED) is 0.221. The molecule has 0 saturated heterocycles. The van der Waals surface area contributed by atoms with Crippen LogP contribution in [0.25, 0.3) is 10.8 Å². The number of pyridine rings is 1. The molecular weight excluding hydrogens is 572 g/mol. The summed E-state index contributed by atoms with van der Waals surface area (Å²) in [5, 5.41) is 10.5. The van der Waals surface area contributed by atoms with Gasteiger partial charge in [0.2, 0.25) is 5.91 Å². The summed E-state index contributed by atoms with van der Waals surface area (Å²) in [5.41, 5.74) is 1.52. The van der Waals surface area contributed by atoms with Crippen molar-refractivity contribution in [3.8, 4) is 0 Å². The molecule has 1 heterocycles. The lowest BCUT2D eigenvalue weighted by Gasteiger charge is -2.22. The van der Waals surface area contributed by atoms with Crippen LogP contribution in [-0.4, -0.2) is 35.7 Å². The lowest BCUT2D eigenvalue weighted by atomic mass is 9.98. The van der Waals surface area contributed by atoms with Crippen LogP contribution < -0.4 is 16.0 Å². The van der Waals surface area contributed by atoms with Crippen molar-refractivity contribution in [2.75, 3.05) is 11.9 Å². The summed E-state index contributed by atoms with van der Waals surface area (Å²) in [6.07, 6.45) is 1.32. The Hall–Kier alpha value is -3.95. The maximum Gasteiger partial charge on any atom is 0.413 e. The van der Waals surface area contributed by atoms with Crippen molar-refractivity contribution in [2.24, 2.45) is 0 Å². The average Bonchev–Trinajstić information content (AvgIpc) is 2.89. The standard InChI is InChI=1S/C28H24BrClN4O4/c1-17(38-28(37)34-25-11-5-7-18-6-2-3-10-23(18)25)33-27(36)24(19-8-4-9-22(30)13-19)16-32-26(35)20-12-21(29)15-31-14-20/h2-15,17,24H,16H2,1H3,(H,32,35)(H,33,36)(H,34,37). The SMILES string of the molecule is CC(NC(=O)C(CNC(=O)c1cncc(Br)c1)c1cccc(Cl)c1)OC(=O)Nc1cccc2ccccc12. The molecule has 3 aromatic carbocycles. The molecule has 0 spiro atoms. The molecule has 4 rings (SSSR count). The van der Waals surface area contributed by atoms with Gasteiger partial charge in [0, 0.05) is 33.8 Å². The zero-order valence-corrected chi connectivity index (χ0v) is 22.6. The fourth-order valence-corrected chi connectivity index (χ4v) is 4.45. The topological polar surface area (TPSA) is 109 Å². The zero-order chi connectivity index (χ0) is 27.1. The molecule has 194 valence electrons. The zero-order valence-electron chi connectivity index (χ0n) is 20.3. The van der Waals surface area contributed by atoms with Gasteiger partial charge in [-0.2, -0.15) is 0 Å². The number of hydrogen-bond donors (Lipinski definition) is 3. The van der Waals surface area contributed by atoms with Crippen molar-refractivity contribution >= 4 is 61.9 Å². The normalized spacial score (nSPS) is 12.3. The van der Waals surface area contributed by atoms with Crippen molar-refractivity contribution in [2.45, 2.75) is 19.1 Å². The molecular formula is C28H24BrClN4O4. The minimum atomic E-state index is -0.954. The number of nitrogens with zero attached hydrogens (tertiary/aromatic N) is 1. The molecule has 10 heteroatoms. The van der Waals surface area contributed by atoms with Gasteiger partial charge >= 0.3 is 6.09 Å². The highest BCUT2D eigenvalue weighted by atomic mass is 79.9. The van der Waals surface area contributed by atoms with Gasteiger partial charge in [-0.15, -0.1) is 0 Å². The van der Waals surface area contributed by atoms with Gasteiger partial charge in [0.15, 0.2) is 6.23 Å². The monoisotopic (exact) mass is 594 g/mol. The van der Waals surface area contributed by atoms with Crippen LogP contribution in [-0.2, 0) is 9.53 Å². The van der Waals surface area contributed by atoms with Crippen LogP contribution in [0.5, 0.6) is 0 Å². The Labute approximate surface area is 232 Å². The number of amides is 3. The number of aromatic nitrogens is 1. The lowest BCUT2D eigenvalue weighted by Crippen LogP contribution is -2.43. The molecule has 2 atom stereocenters.